The topological polar surface area (TPSA) is 50.9 Å². The maximum atomic E-state index is 10.8. The van der Waals surface area contributed by atoms with Gasteiger partial charge in [0.05, 0.1) is 5.60 Å². The standard InChI is InChI=1S/C15H19N3O/c1-2-7-18-14(16-11-17-18)10-15(19)8-12-5-3-4-6-13(12)9-15/h3-6,11,19H,2,7-10H2,1H3. The summed E-state index contributed by atoms with van der Waals surface area (Å²) in [6.07, 6.45) is 4.59. The van der Waals surface area contributed by atoms with Crippen molar-refractivity contribution in [1.82, 2.24) is 14.8 Å². The number of rotatable bonds is 4. The predicted octanol–water partition coefficient (Wildman–Crippen LogP) is 1.76. The molecular weight excluding hydrogens is 238 g/mol. The Kier molecular flexibility index (Phi) is 3.11. The largest absolute Gasteiger partial charge is 0.389 e. The van der Waals surface area contributed by atoms with Crippen molar-refractivity contribution in [3.05, 3.63) is 47.5 Å². The summed E-state index contributed by atoms with van der Waals surface area (Å²) >= 11 is 0. The zero-order valence-corrected chi connectivity index (χ0v) is 11.2. The Morgan fingerprint density at radius 2 is 1.95 bits per heavy atom. The van der Waals surface area contributed by atoms with Crippen LogP contribution in [0.15, 0.2) is 30.6 Å². The molecule has 0 spiro atoms. The predicted molar refractivity (Wildman–Crippen MR) is 72.8 cm³/mol. The van der Waals surface area contributed by atoms with Crippen LogP contribution in [0.3, 0.4) is 0 Å². The molecule has 100 valence electrons. The minimum absolute atomic E-state index is 0.571. The second-order valence-corrected chi connectivity index (χ2v) is 5.42. The molecule has 0 saturated carbocycles. The zero-order chi connectivity index (χ0) is 13.3. The Balaban J connectivity index is 1.79. The fraction of sp³-hybridized carbons (Fsp3) is 0.467. The Morgan fingerprint density at radius 3 is 2.58 bits per heavy atom. The molecule has 0 bridgehead atoms. The molecule has 4 heteroatoms. The van der Waals surface area contributed by atoms with Crippen LogP contribution in [-0.4, -0.2) is 25.5 Å². The van der Waals surface area contributed by atoms with E-state index >= 15 is 0 Å². The second kappa shape index (κ2) is 4.78. The fourth-order valence-electron chi connectivity index (χ4n) is 2.92. The molecule has 3 rings (SSSR count). The zero-order valence-electron chi connectivity index (χ0n) is 11.2. The average Bonchev–Trinajstić information content (AvgIpc) is 2.93. The van der Waals surface area contributed by atoms with Gasteiger partial charge in [-0.3, -0.25) is 4.68 Å². The smallest absolute Gasteiger partial charge is 0.138 e. The van der Waals surface area contributed by atoms with Crippen molar-refractivity contribution >= 4 is 0 Å². The molecule has 0 saturated heterocycles. The highest BCUT2D eigenvalue weighted by atomic mass is 16.3. The minimum atomic E-state index is -0.706. The van der Waals surface area contributed by atoms with Gasteiger partial charge in [-0.15, -0.1) is 0 Å². The molecule has 2 aromatic rings. The Morgan fingerprint density at radius 1 is 1.26 bits per heavy atom. The highest BCUT2D eigenvalue weighted by Gasteiger charge is 2.36. The van der Waals surface area contributed by atoms with Crippen molar-refractivity contribution in [2.45, 2.75) is 44.8 Å². The number of benzene rings is 1. The Hall–Kier alpha value is -1.68. The molecule has 0 aliphatic heterocycles. The van der Waals surface area contributed by atoms with Crippen molar-refractivity contribution < 1.29 is 5.11 Å². The summed E-state index contributed by atoms with van der Waals surface area (Å²) in [5.41, 5.74) is 1.81. The van der Waals surface area contributed by atoms with Gasteiger partial charge in [0.2, 0.25) is 0 Å². The molecule has 1 aromatic heterocycles. The SMILES string of the molecule is CCCn1ncnc1CC1(O)Cc2ccccc2C1. The molecular formula is C15H19N3O. The highest BCUT2D eigenvalue weighted by molar-refractivity contribution is 5.35. The van der Waals surface area contributed by atoms with Gasteiger partial charge in [0, 0.05) is 25.8 Å². The number of aromatic nitrogens is 3. The molecule has 1 heterocycles. The average molecular weight is 257 g/mol. The quantitative estimate of drug-likeness (QED) is 0.908. The van der Waals surface area contributed by atoms with Crippen LogP contribution in [0.4, 0.5) is 0 Å². The van der Waals surface area contributed by atoms with Crippen LogP contribution < -0.4 is 0 Å². The molecule has 0 unspecified atom stereocenters. The molecule has 1 aliphatic carbocycles. The minimum Gasteiger partial charge on any atom is -0.389 e. The maximum absolute atomic E-state index is 10.8. The first-order chi connectivity index (χ1) is 9.20. The number of hydrogen-bond acceptors (Lipinski definition) is 3. The first kappa shape index (κ1) is 12.4. The molecule has 0 fully saturated rings. The second-order valence-electron chi connectivity index (χ2n) is 5.42. The van der Waals surface area contributed by atoms with E-state index in [4.69, 9.17) is 0 Å². The van der Waals surface area contributed by atoms with E-state index in [1.807, 2.05) is 16.8 Å². The Bertz CT molecular complexity index is 551. The van der Waals surface area contributed by atoms with E-state index in [0.717, 1.165) is 18.8 Å². The number of nitrogens with zero attached hydrogens (tertiary/aromatic N) is 3. The van der Waals surface area contributed by atoms with E-state index in [-0.39, 0.29) is 0 Å². The lowest BCUT2D eigenvalue weighted by Crippen LogP contribution is -2.33. The van der Waals surface area contributed by atoms with Crippen LogP contribution in [0.1, 0.15) is 30.3 Å². The summed E-state index contributed by atoms with van der Waals surface area (Å²) in [4.78, 5) is 4.30. The normalized spacial score (nSPS) is 16.5. The summed E-state index contributed by atoms with van der Waals surface area (Å²) in [6.45, 7) is 2.98. The number of hydrogen-bond donors (Lipinski definition) is 1. The summed E-state index contributed by atoms with van der Waals surface area (Å²) in [5.74, 6) is 0.886. The monoisotopic (exact) mass is 257 g/mol. The summed E-state index contributed by atoms with van der Waals surface area (Å²) < 4.78 is 1.90. The van der Waals surface area contributed by atoms with Crippen LogP contribution in [0.25, 0.3) is 0 Å². The van der Waals surface area contributed by atoms with Crippen LogP contribution in [0.2, 0.25) is 0 Å². The summed E-state index contributed by atoms with van der Waals surface area (Å²) in [7, 11) is 0. The molecule has 0 radical (unpaired) electrons. The molecule has 4 nitrogen and oxygen atoms in total. The summed E-state index contributed by atoms with van der Waals surface area (Å²) in [6, 6.07) is 8.27. The first-order valence-electron chi connectivity index (χ1n) is 6.86. The van der Waals surface area contributed by atoms with Crippen LogP contribution >= 0.6 is 0 Å². The van der Waals surface area contributed by atoms with Gasteiger partial charge < -0.3 is 5.11 Å². The van der Waals surface area contributed by atoms with Gasteiger partial charge in [0.25, 0.3) is 0 Å². The van der Waals surface area contributed by atoms with E-state index in [1.54, 1.807) is 6.33 Å². The van der Waals surface area contributed by atoms with E-state index in [1.165, 1.54) is 11.1 Å². The first-order valence-corrected chi connectivity index (χ1v) is 6.86. The molecule has 1 aromatic carbocycles. The van der Waals surface area contributed by atoms with Crippen molar-refractivity contribution in [3.63, 3.8) is 0 Å². The van der Waals surface area contributed by atoms with Crippen LogP contribution in [-0.2, 0) is 25.8 Å². The lowest BCUT2D eigenvalue weighted by Gasteiger charge is -2.21. The van der Waals surface area contributed by atoms with Crippen molar-refractivity contribution in [1.29, 1.82) is 0 Å². The van der Waals surface area contributed by atoms with Gasteiger partial charge in [0.1, 0.15) is 12.2 Å². The lowest BCUT2D eigenvalue weighted by atomic mass is 9.96. The van der Waals surface area contributed by atoms with E-state index in [2.05, 4.69) is 29.1 Å². The third-order valence-corrected chi connectivity index (χ3v) is 3.78. The summed E-state index contributed by atoms with van der Waals surface area (Å²) in [5, 5.41) is 15.0. The van der Waals surface area contributed by atoms with Crippen molar-refractivity contribution in [2.75, 3.05) is 0 Å². The van der Waals surface area contributed by atoms with E-state index in [9.17, 15) is 5.11 Å². The van der Waals surface area contributed by atoms with Gasteiger partial charge >= 0.3 is 0 Å². The molecule has 0 atom stereocenters. The highest BCUT2D eigenvalue weighted by Crippen LogP contribution is 2.32. The Labute approximate surface area is 113 Å². The third kappa shape index (κ3) is 2.40. The number of aliphatic hydroxyl groups is 1. The number of fused-ring (bicyclic) bond motifs is 1. The van der Waals surface area contributed by atoms with E-state index < -0.39 is 5.60 Å². The third-order valence-electron chi connectivity index (χ3n) is 3.78. The maximum Gasteiger partial charge on any atom is 0.138 e. The molecule has 1 aliphatic rings. The number of aryl methyl sites for hydroxylation is 1. The van der Waals surface area contributed by atoms with Gasteiger partial charge in [-0.1, -0.05) is 31.2 Å². The molecule has 1 N–H and O–H groups in total. The molecule has 19 heavy (non-hydrogen) atoms. The lowest BCUT2D eigenvalue weighted by molar-refractivity contribution is 0.0486. The van der Waals surface area contributed by atoms with Gasteiger partial charge in [-0.2, -0.15) is 5.10 Å². The van der Waals surface area contributed by atoms with Crippen molar-refractivity contribution in [3.8, 4) is 0 Å². The van der Waals surface area contributed by atoms with Gasteiger partial charge in [0.15, 0.2) is 0 Å². The van der Waals surface area contributed by atoms with Crippen LogP contribution in [0.5, 0.6) is 0 Å². The van der Waals surface area contributed by atoms with Gasteiger partial charge in [-0.25, -0.2) is 4.98 Å². The molecule has 0 amide bonds. The van der Waals surface area contributed by atoms with Gasteiger partial charge in [-0.05, 0) is 17.5 Å². The van der Waals surface area contributed by atoms with E-state index in [0.29, 0.717) is 19.3 Å². The van der Waals surface area contributed by atoms with Crippen LogP contribution in [0, 0.1) is 0 Å². The van der Waals surface area contributed by atoms with Crippen molar-refractivity contribution in [2.24, 2.45) is 0 Å². The fourth-order valence-corrected chi connectivity index (χ4v) is 2.92.